The molecule has 0 aliphatic carbocycles. The minimum absolute atomic E-state index is 0.101. The molecule has 3 amide bonds. The van der Waals surface area contributed by atoms with E-state index in [2.05, 4.69) is 30.3 Å². The van der Waals surface area contributed by atoms with Gasteiger partial charge in [0.05, 0.1) is 11.7 Å². The van der Waals surface area contributed by atoms with Crippen LogP contribution in [0.4, 0.5) is 27.5 Å². The monoisotopic (exact) mass is 841 g/mol. The summed E-state index contributed by atoms with van der Waals surface area (Å²) in [6, 6.07) is 12.0. The van der Waals surface area contributed by atoms with Crippen molar-refractivity contribution in [3.05, 3.63) is 75.2 Å². The molecule has 0 radical (unpaired) electrons. The molecule has 15 nitrogen and oxygen atoms in total. The van der Waals surface area contributed by atoms with E-state index < -0.39 is 17.6 Å². The van der Waals surface area contributed by atoms with Gasteiger partial charge in [-0.2, -0.15) is 4.98 Å². The molecule has 3 saturated heterocycles. The molecule has 8 rings (SSSR count). The maximum absolute atomic E-state index is 16.5. The Morgan fingerprint density at radius 3 is 2.52 bits per heavy atom. The van der Waals surface area contributed by atoms with E-state index in [1.165, 1.54) is 0 Å². The van der Waals surface area contributed by atoms with Gasteiger partial charge in [-0.3, -0.25) is 34.2 Å². The number of nitrogens with zero attached hydrogens (tertiary/aromatic N) is 7. The van der Waals surface area contributed by atoms with Gasteiger partial charge in [-0.05, 0) is 56.7 Å². The minimum Gasteiger partial charge on any atom is -0.480 e. The second-order valence-corrected chi connectivity index (χ2v) is 16.7. The lowest BCUT2D eigenvalue weighted by Gasteiger charge is -2.42. The first-order valence-corrected chi connectivity index (χ1v) is 21.0. The van der Waals surface area contributed by atoms with Crippen molar-refractivity contribution in [2.24, 2.45) is 0 Å². The van der Waals surface area contributed by atoms with E-state index in [9.17, 15) is 24.0 Å². The molecule has 17 heteroatoms. The number of benzene rings is 2. The van der Waals surface area contributed by atoms with Gasteiger partial charge in [0.1, 0.15) is 23.3 Å². The molecule has 4 aliphatic heterocycles. The fourth-order valence-electron chi connectivity index (χ4n) is 8.69. The quantitative estimate of drug-likeness (QED) is 0.184. The Morgan fingerprint density at radius 1 is 1.03 bits per heavy atom. The van der Waals surface area contributed by atoms with Crippen LogP contribution in [0.3, 0.4) is 0 Å². The van der Waals surface area contributed by atoms with Gasteiger partial charge in [-0.25, -0.2) is 9.37 Å². The number of nitrogens with one attached hydrogen (secondary N) is 2. The lowest BCUT2D eigenvalue weighted by atomic mass is 9.91. The summed E-state index contributed by atoms with van der Waals surface area (Å²) in [5.74, 6) is -0.0653. The summed E-state index contributed by atoms with van der Waals surface area (Å²) < 4.78 is 23.8. The van der Waals surface area contributed by atoms with Crippen LogP contribution in [0.15, 0.2) is 53.5 Å². The molecule has 2 N–H and O–H groups in total. The van der Waals surface area contributed by atoms with Crippen molar-refractivity contribution in [1.29, 1.82) is 0 Å². The van der Waals surface area contributed by atoms with Crippen molar-refractivity contribution < 1.29 is 28.3 Å². The number of rotatable bonds is 12. The zero-order valence-electron chi connectivity index (χ0n) is 34.0. The largest absolute Gasteiger partial charge is 0.480 e. The highest BCUT2D eigenvalue weighted by Gasteiger charge is 2.42. The zero-order chi connectivity index (χ0) is 42.3. The van der Waals surface area contributed by atoms with Crippen LogP contribution in [-0.4, -0.2) is 112 Å². The SMILES string of the molecule is CCC(=O)COc1cc2cc(Nc3nc(N4CCN(CC5(F)CCN(c6cccc7c6CN(C6CCC(=O)NC6=O)C7=O)CC5)CC4)ncc3Cl)ccc2n(C(C)C)c1=O. The molecule has 1 atom stereocenters. The Bertz CT molecular complexity index is 2410. The number of ketones is 1. The smallest absolute Gasteiger partial charge is 0.293 e. The molecule has 4 aliphatic rings. The number of amides is 3. The van der Waals surface area contributed by atoms with E-state index in [0.29, 0.717) is 99.5 Å². The summed E-state index contributed by atoms with van der Waals surface area (Å²) in [6.07, 6.45) is 3.05. The Labute approximate surface area is 351 Å². The number of hydrogen-bond acceptors (Lipinski definition) is 12. The number of imide groups is 1. The maximum atomic E-state index is 16.5. The van der Waals surface area contributed by atoms with Crippen LogP contribution in [0.1, 0.15) is 74.8 Å². The van der Waals surface area contributed by atoms with Crippen molar-refractivity contribution in [3.8, 4) is 5.75 Å². The fourth-order valence-corrected chi connectivity index (χ4v) is 8.83. The van der Waals surface area contributed by atoms with Crippen LogP contribution in [0.25, 0.3) is 10.9 Å². The van der Waals surface area contributed by atoms with Crippen molar-refractivity contribution >= 4 is 69.1 Å². The van der Waals surface area contributed by atoms with E-state index >= 15 is 4.39 Å². The number of alkyl halides is 1. The molecule has 2 aromatic heterocycles. The van der Waals surface area contributed by atoms with Crippen LogP contribution >= 0.6 is 11.6 Å². The average molecular weight is 842 g/mol. The topological polar surface area (TPSA) is 162 Å². The Hall–Kier alpha value is -5.61. The van der Waals surface area contributed by atoms with Gasteiger partial charge in [-0.15, -0.1) is 0 Å². The molecule has 6 heterocycles. The van der Waals surface area contributed by atoms with E-state index in [1.54, 1.807) is 34.7 Å². The van der Waals surface area contributed by atoms with Crippen molar-refractivity contribution in [2.75, 3.05) is 67.5 Å². The summed E-state index contributed by atoms with van der Waals surface area (Å²) in [7, 11) is 0. The molecule has 0 spiro atoms. The summed E-state index contributed by atoms with van der Waals surface area (Å²) in [5.41, 5.74) is 2.02. The number of ether oxygens (including phenoxy) is 1. The number of anilines is 4. The molecule has 0 bridgehead atoms. The standard InChI is InChI=1S/C43H49ClFN9O6/c1-4-29(55)24-60-36-21-27-20-28(8-9-33(27)54(26(2)3)41(36)59)47-38-32(44)22-46-42(49-38)52-18-16-50(17-19-52)25-43(45)12-14-51(15-13-43)34-7-5-6-30-31(34)23-53(40(30)58)35-10-11-37(56)48-39(35)57/h5-9,20-22,26,35H,4,10-19,23-25H2,1-3H3,(H,46,47,49)(H,48,56,57). The zero-order valence-corrected chi connectivity index (χ0v) is 34.8. The van der Waals surface area contributed by atoms with Gasteiger partial charge in [-0.1, -0.05) is 24.6 Å². The minimum atomic E-state index is -1.37. The van der Waals surface area contributed by atoms with Crippen LogP contribution in [0, 0.1) is 0 Å². The molecule has 0 saturated carbocycles. The van der Waals surface area contributed by atoms with Gasteiger partial charge < -0.3 is 29.3 Å². The number of hydrogen-bond donors (Lipinski definition) is 2. The van der Waals surface area contributed by atoms with Crippen molar-refractivity contribution in [2.45, 2.75) is 77.2 Å². The maximum Gasteiger partial charge on any atom is 0.293 e. The third kappa shape index (κ3) is 8.26. The summed E-state index contributed by atoms with van der Waals surface area (Å²) in [4.78, 5) is 80.0. The van der Waals surface area contributed by atoms with E-state index in [0.717, 1.165) is 22.2 Å². The van der Waals surface area contributed by atoms with Crippen LogP contribution in [-0.2, 0) is 20.9 Å². The molecule has 316 valence electrons. The Balaban J connectivity index is 0.877. The second kappa shape index (κ2) is 16.8. The first-order chi connectivity index (χ1) is 28.8. The number of pyridine rings is 1. The van der Waals surface area contributed by atoms with Crippen LogP contribution < -0.4 is 30.7 Å². The summed E-state index contributed by atoms with van der Waals surface area (Å²) in [5, 5.41) is 6.72. The highest BCUT2D eigenvalue weighted by atomic mass is 35.5. The number of piperazine rings is 1. The van der Waals surface area contributed by atoms with Crippen molar-refractivity contribution in [3.63, 3.8) is 0 Å². The third-order valence-corrected chi connectivity index (χ3v) is 12.3. The Kier molecular flexibility index (Phi) is 11.5. The normalized spacial score (nSPS) is 19.5. The highest BCUT2D eigenvalue weighted by molar-refractivity contribution is 6.33. The highest BCUT2D eigenvalue weighted by Crippen LogP contribution is 2.38. The summed E-state index contributed by atoms with van der Waals surface area (Å²) in [6.45, 7) is 9.45. The number of aromatic nitrogens is 3. The van der Waals surface area contributed by atoms with Gasteiger partial charge in [0, 0.05) is 112 Å². The van der Waals surface area contributed by atoms with Crippen molar-refractivity contribution in [1.82, 2.24) is 29.7 Å². The predicted octanol–water partition coefficient (Wildman–Crippen LogP) is 5.02. The number of Topliss-reactive ketones (excluding diaryl/α,β-unsaturated/α-hetero) is 1. The third-order valence-electron chi connectivity index (χ3n) is 12.0. The molecule has 2 aromatic carbocycles. The van der Waals surface area contributed by atoms with E-state index in [-0.39, 0.29) is 54.5 Å². The fraction of sp³-hybridized carbons (Fsp3) is 0.465. The molecule has 1 unspecified atom stereocenters. The lowest BCUT2D eigenvalue weighted by molar-refractivity contribution is -0.137. The molecule has 4 aromatic rings. The number of carbonyl (C=O) groups is 4. The predicted molar refractivity (Wildman–Crippen MR) is 226 cm³/mol. The van der Waals surface area contributed by atoms with E-state index in [4.69, 9.17) is 21.3 Å². The molecular formula is C43H49ClFN9O6. The first kappa shape index (κ1) is 41.1. The van der Waals surface area contributed by atoms with E-state index in [1.807, 2.05) is 44.2 Å². The first-order valence-electron chi connectivity index (χ1n) is 20.6. The number of fused-ring (bicyclic) bond motifs is 2. The van der Waals surface area contributed by atoms with Gasteiger partial charge >= 0.3 is 0 Å². The van der Waals surface area contributed by atoms with Gasteiger partial charge in [0.15, 0.2) is 17.4 Å². The van der Waals surface area contributed by atoms with Crippen LogP contribution in [0.5, 0.6) is 5.75 Å². The lowest BCUT2D eigenvalue weighted by Crippen LogP contribution is -2.54. The van der Waals surface area contributed by atoms with Crippen LogP contribution in [0.2, 0.25) is 5.02 Å². The number of piperidine rings is 2. The average Bonchev–Trinajstić information content (AvgIpc) is 3.56. The number of halogens is 2. The van der Waals surface area contributed by atoms with Gasteiger partial charge in [0.2, 0.25) is 17.8 Å². The molecule has 3 fully saturated rings. The number of carbonyl (C=O) groups excluding carboxylic acids is 4. The van der Waals surface area contributed by atoms with Gasteiger partial charge in [0.25, 0.3) is 11.5 Å². The summed E-state index contributed by atoms with van der Waals surface area (Å²) >= 11 is 6.58. The second-order valence-electron chi connectivity index (χ2n) is 16.3. The molecule has 60 heavy (non-hydrogen) atoms. The Morgan fingerprint density at radius 2 is 1.80 bits per heavy atom. The molecular weight excluding hydrogens is 793 g/mol.